The van der Waals surface area contributed by atoms with Crippen LogP contribution in [0.15, 0.2) is 0 Å². The Morgan fingerprint density at radius 3 is 2.00 bits per heavy atom. The van der Waals surface area contributed by atoms with Crippen molar-refractivity contribution in [2.75, 3.05) is 19.8 Å². The fourth-order valence-corrected chi connectivity index (χ4v) is 1.77. The van der Waals surface area contributed by atoms with Crippen LogP contribution in [0.25, 0.3) is 0 Å². The van der Waals surface area contributed by atoms with E-state index in [4.69, 9.17) is 14.6 Å². The molecule has 0 heterocycles. The van der Waals surface area contributed by atoms with Crippen molar-refractivity contribution in [3.05, 3.63) is 0 Å². The summed E-state index contributed by atoms with van der Waals surface area (Å²) in [6, 6.07) is 0. The molecule has 0 unspecified atom stereocenters. The Labute approximate surface area is 111 Å². The van der Waals surface area contributed by atoms with Gasteiger partial charge in [0.05, 0.1) is 12.2 Å². The maximum atomic E-state index is 9.78. The molecule has 0 spiro atoms. The number of aliphatic hydroxyl groups is 2. The summed E-state index contributed by atoms with van der Waals surface area (Å²) in [7, 11) is 0. The van der Waals surface area contributed by atoms with Crippen LogP contribution in [0.3, 0.4) is 0 Å². The zero-order valence-electron chi connectivity index (χ0n) is 12.1. The molecule has 0 aliphatic heterocycles. The third kappa shape index (κ3) is 8.03. The summed E-state index contributed by atoms with van der Waals surface area (Å²) in [5, 5.41) is 18.9. The first-order chi connectivity index (χ1) is 8.67. The zero-order valence-corrected chi connectivity index (χ0v) is 12.1. The molecule has 110 valence electrons. The van der Waals surface area contributed by atoms with Gasteiger partial charge in [0.25, 0.3) is 0 Å². The van der Waals surface area contributed by atoms with Gasteiger partial charge in [-0.15, -0.1) is 0 Å². The Kier molecular flexibility index (Phi) is 11.8. The van der Waals surface area contributed by atoms with Crippen molar-refractivity contribution in [3.63, 3.8) is 0 Å². The first kappa shape index (κ1) is 17.8. The molecule has 3 atom stereocenters. The summed E-state index contributed by atoms with van der Waals surface area (Å²) in [6.45, 7) is 7.26. The highest BCUT2D eigenvalue weighted by Crippen LogP contribution is 2.14. The maximum absolute atomic E-state index is 9.78. The van der Waals surface area contributed by atoms with E-state index in [0.29, 0.717) is 19.6 Å². The Morgan fingerprint density at radius 1 is 1.00 bits per heavy atom. The molecule has 0 bridgehead atoms. The number of hydrogen-bond acceptors (Lipinski definition) is 4. The van der Waals surface area contributed by atoms with Crippen LogP contribution in [0, 0.1) is 0 Å². The molecule has 0 aromatic carbocycles. The number of ether oxygens (including phenoxy) is 2. The van der Waals surface area contributed by atoms with E-state index >= 15 is 0 Å². The van der Waals surface area contributed by atoms with Gasteiger partial charge in [-0.1, -0.05) is 26.7 Å². The summed E-state index contributed by atoms with van der Waals surface area (Å²) >= 11 is 0. The Hall–Kier alpha value is -0.160. The third-order valence-corrected chi connectivity index (χ3v) is 2.89. The predicted octanol–water partition coefficient (Wildman–Crippen LogP) is 2.12. The summed E-state index contributed by atoms with van der Waals surface area (Å²) in [5.41, 5.74) is 0. The Morgan fingerprint density at radius 2 is 1.56 bits per heavy atom. The zero-order chi connectivity index (χ0) is 13.8. The maximum Gasteiger partial charge on any atom is 0.109 e. The van der Waals surface area contributed by atoms with Gasteiger partial charge in [-0.2, -0.15) is 0 Å². The molecule has 0 aliphatic carbocycles. The van der Waals surface area contributed by atoms with E-state index in [1.807, 2.05) is 0 Å². The van der Waals surface area contributed by atoms with Crippen molar-refractivity contribution in [2.45, 2.75) is 71.2 Å². The predicted molar refractivity (Wildman–Crippen MR) is 72.7 cm³/mol. The quantitative estimate of drug-likeness (QED) is 0.529. The first-order valence-corrected chi connectivity index (χ1v) is 7.19. The largest absolute Gasteiger partial charge is 0.396 e. The minimum absolute atomic E-state index is 0.0527. The van der Waals surface area contributed by atoms with E-state index < -0.39 is 6.10 Å². The lowest BCUT2D eigenvalue weighted by Gasteiger charge is -2.29. The number of hydrogen-bond donors (Lipinski definition) is 2. The van der Waals surface area contributed by atoms with E-state index in [1.165, 1.54) is 0 Å². The van der Waals surface area contributed by atoms with Gasteiger partial charge in [0.15, 0.2) is 0 Å². The van der Waals surface area contributed by atoms with Gasteiger partial charge >= 0.3 is 0 Å². The van der Waals surface area contributed by atoms with Gasteiger partial charge in [0.2, 0.25) is 0 Å². The van der Waals surface area contributed by atoms with Gasteiger partial charge < -0.3 is 19.7 Å². The van der Waals surface area contributed by atoms with Gasteiger partial charge in [-0.25, -0.2) is 0 Å². The fourth-order valence-electron chi connectivity index (χ4n) is 1.77. The molecule has 0 saturated heterocycles. The Balaban J connectivity index is 4.25. The lowest BCUT2D eigenvalue weighted by atomic mass is 10.1. The van der Waals surface area contributed by atoms with E-state index in [2.05, 4.69) is 13.8 Å². The van der Waals surface area contributed by atoms with Crippen molar-refractivity contribution < 1.29 is 19.7 Å². The highest BCUT2D eigenvalue weighted by Gasteiger charge is 2.26. The smallest absolute Gasteiger partial charge is 0.109 e. The average molecular weight is 262 g/mol. The molecule has 0 aromatic heterocycles. The van der Waals surface area contributed by atoms with Crippen LogP contribution < -0.4 is 0 Å². The second-order valence-corrected chi connectivity index (χ2v) is 4.70. The highest BCUT2D eigenvalue weighted by molar-refractivity contribution is 4.76. The van der Waals surface area contributed by atoms with Crippen molar-refractivity contribution in [1.29, 1.82) is 0 Å². The van der Waals surface area contributed by atoms with E-state index in [9.17, 15) is 5.11 Å². The molecule has 0 rings (SSSR count). The molecular weight excluding hydrogens is 232 g/mol. The molecule has 0 fully saturated rings. The second kappa shape index (κ2) is 11.9. The monoisotopic (exact) mass is 262 g/mol. The van der Waals surface area contributed by atoms with E-state index in [-0.39, 0.29) is 18.8 Å². The average Bonchev–Trinajstić information content (AvgIpc) is 2.34. The van der Waals surface area contributed by atoms with Gasteiger partial charge in [0, 0.05) is 19.8 Å². The summed E-state index contributed by atoms with van der Waals surface area (Å²) in [4.78, 5) is 0. The molecule has 0 aromatic rings. The van der Waals surface area contributed by atoms with E-state index in [1.54, 1.807) is 6.92 Å². The number of aliphatic hydroxyl groups excluding tert-OH is 2. The van der Waals surface area contributed by atoms with Crippen LogP contribution in [0.1, 0.15) is 52.9 Å². The van der Waals surface area contributed by atoms with Crippen LogP contribution in [0.2, 0.25) is 0 Å². The van der Waals surface area contributed by atoms with Crippen LogP contribution in [-0.4, -0.2) is 48.3 Å². The van der Waals surface area contributed by atoms with Gasteiger partial charge in [-0.05, 0) is 26.2 Å². The molecule has 0 saturated carbocycles. The van der Waals surface area contributed by atoms with E-state index in [0.717, 1.165) is 25.7 Å². The molecule has 18 heavy (non-hydrogen) atoms. The highest BCUT2D eigenvalue weighted by atomic mass is 16.5. The standard InChI is InChI=1S/C14H30O4/c1-4-6-10-17-13(8-9-15)14(12(3)16)18-11-7-5-2/h12-16H,4-11H2,1-3H3/t12-,13-,14-/m0/s1. The van der Waals surface area contributed by atoms with Gasteiger partial charge in [0.1, 0.15) is 6.10 Å². The fraction of sp³-hybridized carbons (Fsp3) is 1.00. The number of unbranched alkanes of at least 4 members (excludes halogenated alkanes) is 2. The molecule has 0 radical (unpaired) electrons. The minimum atomic E-state index is -0.583. The van der Waals surface area contributed by atoms with Crippen molar-refractivity contribution in [3.8, 4) is 0 Å². The second-order valence-electron chi connectivity index (χ2n) is 4.70. The number of rotatable bonds is 12. The van der Waals surface area contributed by atoms with Crippen molar-refractivity contribution in [1.82, 2.24) is 0 Å². The summed E-state index contributed by atoms with van der Waals surface area (Å²) < 4.78 is 11.4. The molecule has 0 amide bonds. The SMILES string of the molecule is CCCCO[C@@H]([C@H](C)O)[C@H](CCO)OCCCC. The van der Waals surface area contributed by atoms with Crippen LogP contribution in [-0.2, 0) is 9.47 Å². The third-order valence-electron chi connectivity index (χ3n) is 2.89. The first-order valence-electron chi connectivity index (χ1n) is 7.19. The Bertz CT molecular complexity index is 173. The minimum Gasteiger partial charge on any atom is -0.396 e. The summed E-state index contributed by atoms with van der Waals surface area (Å²) in [5.74, 6) is 0. The van der Waals surface area contributed by atoms with Crippen molar-refractivity contribution >= 4 is 0 Å². The normalized spacial score (nSPS) is 16.5. The van der Waals surface area contributed by atoms with Gasteiger partial charge in [-0.3, -0.25) is 0 Å². The molecule has 2 N–H and O–H groups in total. The van der Waals surface area contributed by atoms with Crippen molar-refractivity contribution in [2.24, 2.45) is 0 Å². The van der Waals surface area contributed by atoms with Crippen LogP contribution >= 0.6 is 0 Å². The lowest BCUT2D eigenvalue weighted by Crippen LogP contribution is -2.41. The summed E-state index contributed by atoms with van der Waals surface area (Å²) in [6.07, 6.45) is 3.45. The lowest BCUT2D eigenvalue weighted by molar-refractivity contribution is -0.123. The van der Waals surface area contributed by atoms with Crippen LogP contribution in [0.4, 0.5) is 0 Å². The molecule has 4 nitrogen and oxygen atoms in total. The molecule has 0 aliphatic rings. The topological polar surface area (TPSA) is 58.9 Å². The molecular formula is C14H30O4. The molecule has 4 heteroatoms. The van der Waals surface area contributed by atoms with Crippen LogP contribution in [0.5, 0.6) is 0 Å².